The molecule has 1 fully saturated rings. The monoisotopic (exact) mass is 844 g/mol. The zero-order valence-electron chi connectivity index (χ0n) is 34.9. The van der Waals surface area contributed by atoms with Gasteiger partial charge < -0.3 is 55.2 Å². The highest BCUT2D eigenvalue weighted by atomic mass is 16.3. The maximum Gasteiger partial charge on any atom is 0.291 e. The molecule has 0 saturated carbocycles. The number of anilines is 4. The first-order valence-electron chi connectivity index (χ1n) is 20.3. The van der Waals surface area contributed by atoms with Gasteiger partial charge in [-0.2, -0.15) is 0 Å². The van der Waals surface area contributed by atoms with Gasteiger partial charge in [-0.1, -0.05) is 12.1 Å². The number of aromatic nitrogens is 7. The SMILES string of the molecule is CC(=O)Nc1cn(C)c(C(=O)Nc2cn(C)c(C(=O)Nc3cn(C)c(C(=O)NCCCN4CCN(CCCNc5ccc6ncn7c8ccccc8c(=O)c5c67)CC4)n3)c2O)n1. The van der Waals surface area contributed by atoms with Gasteiger partial charge >= 0.3 is 0 Å². The minimum absolute atomic E-state index is 0.0151. The third kappa shape index (κ3) is 8.37. The van der Waals surface area contributed by atoms with Gasteiger partial charge in [-0.15, -0.1) is 0 Å². The molecule has 5 aromatic heterocycles. The number of amides is 4. The van der Waals surface area contributed by atoms with Crippen molar-refractivity contribution in [3.05, 3.63) is 88.9 Å². The number of para-hydroxylation sites is 1. The predicted molar refractivity (Wildman–Crippen MR) is 234 cm³/mol. The van der Waals surface area contributed by atoms with Crippen molar-refractivity contribution in [2.75, 3.05) is 73.6 Å². The van der Waals surface area contributed by atoms with E-state index in [0.717, 1.165) is 80.9 Å². The van der Waals surface area contributed by atoms with Crippen LogP contribution in [0.15, 0.2) is 66.1 Å². The van der Waals surface area contributed by atoms with E-state index >= 15 is 0 Å². The van der Waals surface area contributed by atoms with E-state index in [2.05, 4.69) is 51.3 Å². The summed E-state index contributed by atoms with van der Waals surface area (Å²) in [5, 5.41) is 26.3. The van der Waals surface area contributed by atoms with E-state index in [1.54, 1.807) is 20.4 Å². The number of pyridine rings is 1. The maximum atomic E-state index is 13.5. The van der Waals surface area contributed by atoms with Crippen molar-refractivity contribution < 1.29 is 24.3 Å². The molecule has 0 spiro atoms. The molecule has 6 heterocycles. The molecule has 6 N–H and O–H groups in total. The molecular weight excluding hydrogens is 797 g/mol. The second-order valence-corrected chi connectivity index (χ2v) is 15.5. The number of aryl methyl sites for hydroxylation is 3. The average Bonchev–Trinajstić information content (AvgIpc) is 4.01. The lowest BCUT2D eigenvalue weighted by atomic mass is 10.1. The van der Waals surface area contributed by atoms with Crippen LogP contribution in [0.2, 0.25) is 0 Å². The van der Waals surface area contributed by atoms with Gasteiger partial charge in [0, 0.05) is 97.0 Å². The topological polar surface area (TPSA) is 230 Å². The van der Waals surface area contributed by atoms with Gasteiger partial charge in [0.1, 0.15) is 12.0 Å². The number of nitrogens with one attached hydrogen (secondary N) is 5. The number of rotatable bonds is 15. The van der Waals surface area contributed by atoms with Crippen molar-refractivity contribution in [3.8, 4) is 5.75 Å². The molecule has 1 aliphatic rings. The summed E-state index contributed by atoms with van der Waals surface area (Å²) in [6.45, 7) is 8.03. The standard InChI is InChI=1S/C42H48N14O6/c1-25(57)46-31-22-53(4)39(48-31)42(62)47-29-21-51(2)35(37(29)59)40(60)50-32-23-52(3)38(49-32)41(61)44-14-8-16-55-19-17-54(18-20-55)15-7-13-43-27-11-12-28-34-33(27)36(58)26-9-5-6-10-30(26)56(34)24-45-28/h5-6,9-12,21-24,43,59H,7-8,13-20H2,1-4H3,(H,44,61)(H,46,57)(H,47,62)(H,50,60). The Morgan fingerprint density at radius 2 is 1.37 bits per heavy atom. The zero-order valence-corrected chi connectivity index (χ0v) is 34.9. The number of carbonyl (C=O) groups excluding carboxylic acids is 4. The normalized spacial score (nSPS) is 13.5. The third-order valence-electron chi connectivity index (χ3n) is 11.0. The van der Waals surface area contributed by atoms with E-state index in [-0.39, 0.29) is 46.0 Å². The molecule has 8 rings (SSSR count). The molecule has 1 saturated heterocycles. The fraction of sp³-hybridized carbons (Fsp3) is 0.333. The first kappa shape index (κ1) is 41.4. The minimum Gasteiger partial charge on any atom is -0.504 e. The summed E-state index contributed by atoms with van der Waals surface area (Å²) in [5.74, 6) is -2.25. The first-order chi connectivity index (χ1) is 29.9. The molecule has 62 heavy (non-hydrogen) atoms. The highest BCUT2D eigenvalue weighted by Crippen LogP contribution is 2.31. The van der Waals surface area contributed by atoms with Gasteiger partial charge in [-0.05, 0) is 50.2 Å². The summed E-state index contributed by atoms with van der Waals surface area (Å²) in [6, 6.07) is 11.6. The summed E-state index contributed by atoms with van der Waals surface area (Å²) in [7, 11) is 4.74. The number of hydrogen-bond donors (Lipinski definition) is 6. The van der Waals surface area contributed by atoms with Crippen LogP contribution in [-0.4, -0.2) is 124 Å². The summed E-state index contributed by atoms with van der Waals surface area (Å²) >= 11 is 0. The summed E-state index contributed by atoms with van der Waals surface area (Å²) < 4.78 is 6.26. The van der Waals surface area contributed by atoms with Crippen LogP contribution in [0.1, 0.15) is 51.5 Å². The molecule has 0 aliphatic carbocycles. The molecule has 0 atom stereocenters. The van der Waals surface area contributed by atoms with Gasteiger partial charge in [0.25, 0.3) is 17.7 Å². The molecule has 20 heteroatoms. The van der Waals surface area contributed by atoms with E-state index < -0.39 is 23.5 Å². The van der Waals surface area contributed by atoms with Gasteiger partial charge in [0.15, 0.2) is 28.5 Å². The lowest BCUT2D eigenvalue weighted by Crippen LogP contribution is -2.47. The summed E-state index contributed by atoms with van der Waals surface area (Å²) in [5.41, 5.74) is 3.17. The predicted octanol–water partition coefficient (Wildman–Crippen LogP) is 2.65. The molecule has 4 amide bonds. The van der Waals surface area contributed by atoms with Crippen molar-refractivity contribution in [2.24, 2.45) is 21.1 Å². The Hall–Kier alpha value is -7.32. The van der Waals surface area contributed by atoms with E-state index in [9.17, 15) is 29.1 Å². The second-order valence-electron chi connectivity index (χ2n) is 15.5. The lowest BCUT2D eigenvalue weighted by Gasteiger charge is -2.34. The number of aromatic hydroxyl groups is 1. The Bertz CT molecular complexity index is 2880. The Kier molecular flexibility index (Phi) is 11.6. The number of nitrogens with zero attached hydrogens (tertiary/aromatic N) is 9. The Morgan fingerprint density at radius 3 is 2.06 bits per heavy atom. The molecular formula is C42H48N14O6. The van der Waals surface area contributed by atoms with E-state index in [1.807, 2.05) is 40.8 Å². The molecule has 0 radical (unpaired) electrons. The van der Waals surface area contributed by atoms with Crippen molar-refractivity contribution in [2.45, 2.75) is 19.8 Å². The van der Waals surface area contributed by atoms with E-state index in [1.165, 1.54) is 46.3 Å². The Morgan fingerprint density at radius 1 is 0.726 bits per heavy atom. The summed E-state index contributed by atoms with van der Waals surface area (Å²) in [4.78, 5) is 81.9. The van der Waals surface area contributed by atoms with Crippen LogP contribution in [0.4, 0.5) is 23.0 Å². The maximum absolute atomic E-state index is 13.5. The van der Waals surface area contributed by atoms with E-state index in [0.29, 0.717) is 17.3 Å². The van der Waals surface area contributed by atoms with Crippen LogP contribution < -0.4 is 32.0 Å². The number of fused-ring (bicyclic) bond motifs is 2. The Labute approximate surface area is 354 Å². The zero-order chi connectivity index (χ0) is 43.7. The minimum atomic E-state index is -0.714. The quantitative estimate of drug-likeness (QED) is 0.0647. The number of imidazole rings is 3. The van der Waals surface area contributed by atoms with Crippen LogP contribution in [0.3, 0.4) is 0 Å². The van der Waals surface area contributed by atoms with Crippen LogP contribution in [0.5, 0.6) is 5.75 Å². The second kappa shape index (κ2) is 17.3. The summed E-state index contributed by atoms with van der Waals surface area (Å²) in [6.07, 6.45) is 7.79. The van der Waals surface area contributed by atoms with Crippen LogP contribution >= 0.6 is 0 Å². The highest BCUT2D eigenvalue weighted by molar-refractivity contribution is 6.09. The van der Waals surface area contributed by atoms with Gasteiger partial charge in [0.05, 0.1) is 21.9 Å². The van der Waals surface area contributed by atoms with Crippen molar-refractivity contribution >= 4 is 74.0 Å². The molecule has 1 aliphatic heterocycles. The smallest absolute Gasteiger partial charge is 0.291 e. The molecule has 0 unspecified atom stereocenters. The largest absolute Gasteiger partial charge is 0.504 e. The molecule has 20 nitrogen and oxygen atoms in total. The fourth-order valence-electron chi connectivity index (χ4n) is 8.00. The molecule has 322 valence electrons. The number of hydrogen-bond acceptors (Lipinski definition) is 12. The van der Waals surface area contributed by atoms with Crippen molar-refractivity contribution in [1.29, 1.82) is 0 Å². The van der Waals surface area contributed by atoms with Crippen LogP contribution in [-0.2, 0) is 25.9 Å². The first-order valence-corrected chi connectivity index (χ1v) is 20.3. The molecule has 0 bridgehead atoms. The van der Waals surface area contributed by atoms with Gasteiger partial charge in [-0.25, -0.2) is 15.0 Å². The van der Waals surface area contributed by atoms with Crippen LogP contribution in [0, 0.1) is 0 Å². The number of piperazine rings is 1. The van der Waals surface area contributed by atoms with Crippen molar-refractivity contribution in [1.82, 2.24) is 48.2 Å². The van der Waals surface area contributed by atoms with Gasteiger partial charge in [-0.3, -0.25) is 28.4 Å². The lowest BCUT2D eigenvalue weighted by molar-refractivity contribution is -0.114. The average molecular weight is 845 g/mol. The van der Waals surface area contributed by atoms with Crippen molar-refractivity contribution in [3.63, 3.8) is 0 Å². The third-order valence-corrected chi connectivity index (χ3v) is 11.0. The molecule has 2 aromatic carbocycles. The van der Waals surface area contributed by atoms with Crippen LogP contribution in [0.25, 0.3) is 27.3 Å². The molecule has 7 aromatic rings. The number of benzene rings is 2. The Balaban J connectivity index is 0.755. The highest BCUT2D eigenvalue weighted by Gasteiger charge is 2.25. The van der Waals surface area contributed by atoms with Gasteiger partial charge in [0.2, 0.25) is 17.6 Å². The fourth-order valence-corrected chi connectivity index (χ4v) is 8.00. The number of carbonyl (C=O) groups is 4. The van der Waals surface area contributed by atoms with E-state index in [4.69, 9.17) is 0 Å².